The van der Waals surface area contributed by atoms with E-state index in [0.717, 1.165) is 0 Å². The average Bonchev–Trinajstić information content (AvgIpc) is 2.31. The van der Waals surface area contributed by atoms with E-state index in [0.29, 0.717) is 21.3 Å². The molecule has 0 radical (unpaired) electrons. The number of rotatable bonds is 2. The molecule has 1 atom stereocenters. The minimum atomic E-state index is -0.638. The molecule has 1 aliphatic rings. The van der Waals surface area contributed by atoms with Gasteiger partial charge in [-0.3, -0.25) is 4.79 Å². The average molecular weight is 300 g/mol. The molecule has 3 amide bonds. The number of nitrogens with two attached hydrogens (primary N) is 1. The van der Waals surface area contributed by atoms with Crippen LogP contribution in [0.1, 0.15) is 18.5 Å². The topological polar surface area (TPSA) is 84.2 Å². The number of amides is 3. The van der Waals surface area contributed by atoms with Crippen molar-refractivity contribution < 1.29 is 9.59 Å². The molecule has 1 aliphatic heterocycles. The number of halogens is 2. The summed E-state index contributed by atoms with van der Waals surface area (Å²) in [5.74, 6) is -0.610. The molecule has 2 rings (SSSR count). The zero-order chi connectivity index (χ0) is 14.2. The Morgan fingerprint density at radius 3 is 2.58 bits per heavy atom. The van der Waals surface area contributed by atoms with Gasteiger partial charge in [0.05, 0.1) is 21.7 Å². The molecule has 0 saturated heterocycles. The van der Waals surface area contributed by atoms with Gasteiger partial charge < -0.3 is 16.4 Å². The van der Waals surface area contributed by atoms with E-state index in [-0.39, 0.29) is 5.57 Å². The van der Waals surface area contributed by atoms with Crippen LogP contribution in [0.25, 0.3) is 0 Å². The van der Waals surface area contributed by atoms with Gasteiger partial charge in [0.2, 0.25) is 5.91 Å². The summed E-state index contributed by atoms with van der Waals surface area (Å²) in [4.78, 5) is 23.0. The minimum Gasteiger partial charge on any atom is -0.366 e. The summed E-state index contributed by atoms with van der Waals surface area (Å²) in [6, 6.07) is 3.83. The fourth-order valence-electron chi connectivity index (χ4n) is 1.96. The standard InChI is InChI=1S/C12H11Cl2N3O2/c1-5-9(11(15)18)10(17-12(19)16-5)6-2-3-7(13)8(14)4-6/h2-4,10H,1H3,(H2,15,18)(H2,16,17,19)/t10-/m0/s1. The first-order valence-corrected chi connectivity index (χ1v) is 6.18. The van der Waals surface area contributed by atoms with Gasteiger partial charge in [0.25, 0.3) is 0 Å². The molecule has 1 heterocycles. The lowest BCUT2D eigenvalue weighted by molar-refractivity contribution is -0.115. The molecule has 19 heavy (non-hydrogen) atoms. The molecule has 100 valence electrons. The van der Waals surface area contributed by atoms with E-state index >= 15 is 0 Å². The Labute approximate surface area is 119 Å². The molecular weight excluding hydrogens is 289 g/mol. The number of carbonyl (C=O) groups excluding carboxylic acids is 2. The van der Waals surface area contributed by atoms with Gasteiger partial charge in [0, 0.05) is 5.70 Å². The van der Waals surface area contributed by atoms with Crippen LogP contribution in [-0.4, -0.2) is 11.9 Å². The van der Waals surface area contributed by atoms with Crippen LogP contribution >= 0.6 is 23.2 Å². The third kappa shape index (κ3) is 2.67. The van der Waals surface area contributed by atoms with Crippen molar-refractivity contribution >= 4 is 35.1 Å². The van der Waals surface area contributed by atoms with Crippen molar-refractivity contribution in [2.75, 3.05) is 0 Å². The lowest BCUT2D eigenvalue weighted by Crippen LogP contribution is -2.46. The summed E-state index contributed by atoms with van der Waals surface area (Å²) in [7, 11) is 0. The zero-order valence-corrected chi connectivity index (χ0v) is 11.5. The number of allylic oxidation sites excluding steroid dienone is 1. The van der Waals surface area contributed by atoms with E-state index in [4.69, 9.17) is 28.9 Å². The van der Waals surface area contributed by atoms with Crippen molar-refractivity contribution in [3.8, 4) is 0 Å². The number of nitrogens with one attached hydrogen (secondary N) is 2. The van der Waals surface area contributed by atoms with Gasteiger partial charge in [-0.1, -0.05) is 29.3 Å². The molecule has 0 bridgehead atoms. The highest BCUT2D eigenvalue weighted by Gasteiger charge is 2.29. The largest absolute Gasteiger partial charge is 0.366 e. The van der Waals surface area contributed by atoms with E-state index in [1.165, 1.54) is 0 Å². The molecule has 7 heteroatoms. The van der Waals surface area contributed by atoms with Crippen LogP contribution in [0.2, 0.25) is 10.0 Å². The molecule has 1 aromatic carbocycles. The first-order valence-electron chi connectivity index (χ1n) is 5.43. The number of hydrogen-bond acceptors (Lipinski definition) is 2. The molecule has 0 saturated carbocycles. The second-order valence-electron chi connectivity index (χ2n) is 4.11. The quantitative estimate of drug-likeness (QED) is 0.781. The van der Waals surface area contributed by atoms with Gasteiger partial charge in [-0.05, 0) is 24.6 Å². The molecule has 0 aromatic heterocycles. The third-order valence-electron chi connectivity index (χ3n) is 2.81. The maximum Gasteiger partial charge on any atom is 0.319 e. The second-order valence-corrected chi connectivity index (χ2v) is 4.92. The van der Waals surface area contributed by atoms with Gasteiger partial charge in [0.15, 0.2) is 0 Å². The van der Waals surface area contributed by atoms with Crippen molar-refractivity contribution in [1.82, 2.24) is 10.6 Å². The Bertz CT molecular complexity index is 599. The highest BCUT2D eigenvalue weighted by atomic mass is 35.5. The molecule has 0 spiro atoms. The van der Waals surface area contributed by atoms with Gasteiger partial charge in [-0.25, -0.2) is 4.79 Å². The maximum atomic E-state index is 11.5. The van der Waals surface area contributed by atoms with Gasteiger partial charge in [-0.15, -0.1) is 0 Å². The molecule has 5 nitrogen and oxygen atoms in total. The normalized spacial score (nSPS) is 18.9. The smallest absolute Gasteiger partial charge is 0.319 e. The van der Waals surface area contributed by atoms with Crippen LogP contribution < -0.4 is 16.4 Å². The summed E-state index contributed by atoms with van der Waals surface area (Å²) in [5.41, 5.74) is 6.70. The lowest BCUT2D eigenvalue weighted by atomic mass is 9.95. The van der Waals surface area contributed by atoms with Crippen LogP contribution in [0.5, 0.6) is 0 Å². The zero-order valence-electron chi connectivity index (χ0n) is 9.96. The number of urea groups is 1. The molecule has 1 aromatic rings. The molecule has 0 fully saturated rings. The summed E-state index contributed by atoms with van der Waals surface area (Å²) in [6.45, 7) is 1.61. The SMILES string of the molecule is CC1=C(C(N)=O)[C@H](c2ccc(Cl)c(Cl)c2)NC(=O)N1. The molecule has 0 unspecified atom stereocenters. The third-order valence-corrected chi connectivity index (χ3v) is 3.55. The number of carbonyl (C=O) groups is 2. The van der Waals surface area contributed by atoms with Crippen LogP contribution in [-0.2, 0) is 4.79 Å². The predicted octanol–water partition coefficient (Wildman–Crippen LogP) is 2.11. The first-order chi connectivity index (χ1) is 8.90. The fraction of sp³-hybridized carbons (Fsp3) is 0.167. The summed E-state index contributed by atoms with van der Waals surface area (Å²) in [5, 5.41) is 5.87. The highest BCUT2D eigenvalue weighted by molar-refractivity contribution is 6.42. The van der Waals surface area contributed by atoms with E-state index < -0.39 is 18.0 Å². The van der Waals surface area contributed by atoms with E-state index in [9.17, 15) is 9.59 Å². The first kappa shape index (κ1) is 13.7. The van der Waals surface area contributed by atoms with Crippen LogP contribution in [0.3, 0.4) is 0 Å². The Hall–Kier alpha value is -1.72. The number of hydrogen-bond donors (Lipinski definition) is 3. The van der Waals surface area contributed by atoms with Crippen molar-refractivity contribution in [3.05, 3.63) is 45.1 Å². The maximum absolute atomic E-state index is 11.5. The van der Waals surface area contributed by atoms with E-state index in [1.807, 2.05) is 0 Å². The van der Waals surface area contributed by atoms with Crippen molar-refractivity contribution in [1.29, 1.82) is 0 Å². The number of primary amides is 1. The Morgan fingerprint density at radius 2 is 2.00 bits per heavy atom. The molecule has 4 N–H and O–H groups in total. The van der Waals surface area contributed by atoms with E-state index in [1.54, 1.807) is 25.1 Å². The summed E-state index contributed by atoms with van der Waals surface area (Å²) in [6.07, 6.45) is 0. The van der Waals surface area contributed by atoms with E-state index in [2.05, 4.69) is 10.6 Å². The summed E-state index contributed by atoms with van der Waals surface area (Å²) < 4.78 is 0. The van der Waals surface area contributed by atoms with Crippen molar-refractivity contribution in [2.45, 2.75) is 13.0 Å². The summed E-state index contributed by atoms with van der Waals surface area (Å²) >= 11 is 11.8. The Balaban J connectivity index is 2.51. The fourth-order valence-corrected chi connectivity index (χ4v) is 2.27. The highest BCUT2D eigenvalue weighted by Crippen LogP contribution is 2.30. The Kier molecular flexibility index (Phi) is 3.68. The predicted molar refractivity (Wildman–Crippen MR) is 72.8 cm³/mol. The molecule has 0 aliphatic carbocycles. The van der Waals surface area contributed by atoms with Crippen molar-refractivity contribution in [2.24, 2.45) is 5.73 Å². The number of benzene rings is 1. The Morgan fingerprint density at radius 1 is 1.32 bits per heavy atom. The van der Waals surface area contributed by atoms with Gasteiger partial charge >= 0.3 is 6.03 Å². The second kappa shape index (κ2) is 5.11. The van der Waals surface area contributed by atoms with Gasteiger partial charge in [0.1, 0.15) is 0 Å². The lowest BCUT2D eigenvalue weighted by Gasteiger charge is -2.27. The van der Waals surface area contributed by atoms with Crippen molar-refractivity contribution in [3.63, 3.8) is 0 Å². The van der Waals surface area contributed by atoms with Crippen LogP contribution in [0, 0.1) is 0 Å². The minimum absolute atomic E-state index is 0.290. The van der Waals surface area contributed by atoms with Crippen LogP contribution in [0.4, 0.5) is 4.79 Å². The molecular formula is C12H11Cl2N3O2. The van der Waals surface area contributed by atoms with Gasteiger partial charge in [-0.2, -0.15) is 0 Å². The van der Waals surface area contributed by atoms with Crippen LogP contribution in [0.15, 0.2) is 29.5 Å². The monoisotopic (exact) mass is 299 g/mol.